The maximum atomic E-state index is 11.2. The number of aliphatic carboxylic acids is 1. The molecule has 25 heavy (non-hydrogen) atoms. The van der Waals surface area contributed by atoms with Crippen molar-refractivity contribution >= 4 is 22.8 Å². The molecule has 0 atom stereocenters. The summed E-state index contributed by atoms with van der Waals surface area (Å²) in [6.07, 6.45) is 1.65. The molecule has 0 aromatic heterocycles. The summed E-state index contributed by atoms with van der Waals surface area (Å²) in [4.78, 5) is 11.2. The van der Waals surface area contributed by atoms with Crippen molar-refractivity contribution < 1.29 is 24.1 Å². The van der Waals surface area contributed by atoms with Gasteiger partial charge >= 0.3 is 5.97 Å². The van der Waals surface area contributed by atoms with Crippen LogP contribution in [0, 0.1) is 0 Å². The van der Waals surface area contributed by atoms with E-state index < -0.39 is 5.97 Å². The van der Waals surface area contributed by atoms with E-state index in [0.29, 0.717) is 11.5 Å². The molecule has 0 aliphatic carbocycles. The topological polar surface area (TPSA) is 65.0 Å². The van der Waals surface area contributed by atoms with Gasteiger partial charge in [-0.05, 0) is 41.5 Å². The summed E-state index contributed by atoms with van der Waals surface area (Å²) in [5, 5.41) is 11.0. The lowest BCUT2D eigenvalue weighted by atomic mass is 9.92. The Morgan fingerprint density at radius 3 is 2.56 bits per heavy atom. The van der Waals surface area contributed by atoms with Crippen molar-refractivity contribution in [2.75, 3.05) is 21.0 Å². The first kappa shape index (κ1) is 18.8. The molecule has 0 unspecified atom stereocenters. The number of carbonyl (C=O) groups is 1. The molecule has 0 radical (unpaired) electrons. The minimum atomic E-state index is -0.952. The lowest BCUT2D eigenvalue weighted by molar-refractivity contribution is -0.132. The Labute approximate surface area is 147 Å². The molecule has 0 bridgehead atoms. The SMILES string of the molecule is COCOc1c(OC)cc(/C=C(/C)C(=O)O)c2cccc(C(C)C)c12. The molecule has 0 saturated carbocycles. The largest absolute Gasteiger partial charge is 0.493 e. The zero-order chi connectivity index (χ0) is 18.6. The van der Waals surface area contributed by atoms with E-state index in [-0.39, 0.29) is 18.3 Å². The highest BCUT2D eigenvalue weighted by Crippen LogP contribution is 2.42. The molecular weight excluding hydrogens is 320 g/mol. The second kappa shape index (κ2) is 8.03. The van der Waals surface area contributed by atoms with Gasteiger partial charge in [0.2, 0.25) is 0 Å². The van der Waals surface area contributed by atoms with Crippen LogP contribution in [0.4, 0.5) is 0 Å². The Morgan fingerprint density at radius 1 is 1.28 bits per heavy atom. The Kier molecular flexibility index (Phi) is 6.04. The van der Waals surface area contributed by atoms with Crippen LogP contribution >= 0.6 is 0 Å². The lowest BCUT2D eigenvalue weighted by Crippen LogP contribution is -2.04. The number of carboxylic acids is 1. The van der Waals surface area contributed by atoms with E-state index in [2.05, 4.69) is 13.8 Å². The van der Waals surface area contributed by atoms with Gasteiger partial charge in [-0.25, -0.2) is 4.79 Å². The molecule has 5 nitrogen and oxygen atoms in total. The Bertz CT molecular complexity index is 805. The summed E-state index contributed by atoms with van der Waals surface area (Å²) in [6, 6.07) is 7.77. The van der Waals surface area contributed by atoms with E-state index in [1.54, 1.807) is 33.3 Å². The summed E-state index contributed by atoms with van der Waals surface area (Å²) < 4.78 is 16.4. The molecule has 0 fully saturated rings. The molecule has 0 spiro atoms. The van der Waals surface area contributed by atoms with Gasteiger partial charge in [0, 0.05) is 18.1 Å². The van der Waals surface area contributed by atoms with Crippen LogP contribution in [0.5, 0.6) is 11.5 Å². The van der Waals surface area contributed by atoms with E-state index in [1.165, 1.54) is 0 Å². The van der Waals surface area contributed by atoms with E-state index in [9.17, 15) is 9.90 Å². The molecule has 0 heterocycles. The molecule has 2 aromatic rings. The molecule has 0 saturated heterocycles. The van der Waals surface area contributed by atoms with Crippen molar-refractivity contribution in [3.63, 3.8) is 0 Å². The van der Waals surface area contributed by atoms with Gasteiger partial charge in [-0.3, -0.25) is 0 Å². The number of hydrogen-bond donors (Lipinski definition) is 1. The summed E-state index contributed by atoms with van der Waals surface area (Å²) in [5.74, 6) is 0.459. The van der Waals surface area contributed by atoms with Crippen LogP contribution in [0.1, 0.15) is 37.8 Å². The van der Waals surface area contributed by atoms with Crippen molar-refractivity contribution in [3.8, 4) is 11.5 Å². The van der Waals surface area contributed by atoms with Crippen molar-refractivity contribution in [1.82, 2.24) is 0 Å². The zero-order valence-electron chi connectivity index (χ0n) is 15.3. The van der Waals surface area contributed by atoms with Crippen molar-refractivity contribution in [2.24, 2.45) is 0 Å². The lowest BCUT2D eigenvalue weighted by Gasteiger charge is -2.19. The Balaban J connectivity index is 2.87. The predicted molar refractivity (Wildman–Crippen MR) is 98.4 cm³/mol. The summed E-state index contributed by atoms with van der Waals surface area (Å²) >= 11 is 0. The van der Waals surface area contributed by atoms with Gasteiger partial charge in [-0.15, -0.1) is 0 Å². The van der Waals surface area contributed by atoms with Gasteiger partial charge in [0.15, 0.2) is 18.3 Å². The third-order valence-electron chi connectivity index (χ3n) is 4.02. The van der Waals surface area contributed by atoms with E-state index >= 15 is 0 Å². The number of methoxy groups -OCH3 is 2. The van der Waals surface area contributed by atoms with Gasteiger partial charge < -0.3 is 19.3 Å². The first-order chi connectivity index (χ1) is 11.9. The molecule has 0 amide bonds. The fraction of sp³-hybridized carbons (Fsp3) is 0.350. The van der Waals surface area contributed by atoms with Gasteiger partial charge in [-0.2, -0.15) is 0 Å². The average Bonchev–Trinajstić information content (AvgIpc) is 2.59. The van der Waals surface area contributed by atoms with Gasteiger partial charge in [-0.1, -0.05) is 32.0 Å². The minimum Gasteiger partial charge on any atom is -0.493 e. The average molecular weight is 344 g/mol. The van der Waals surface area contributed by atoms with Gasteiger partial charge in [0.25, 0.3) is 0 Å². The van der Waals surface area contributed by atoms with Crippen LogP contribution < -0.4 is 9.47 Å². The third-order valence-corrected chi connectivity index (χ3v) is 4.02. The smallest absolute Gasteiger partial charge is 0.331 e. The first-order valence-corrected chi connectivity index (χ1v) is 8.07. The van der Waals surface area contributed by atoms with Crippen LogP contribution in [0.25, 0.3) is 16.8 Å². The van der Waals surface area contributed by atoms with E-state index in [1.807, 2.05) is 18.2 Å². The van der Waals surface area contributed by atoms with Crippen molar-refractivity contribution in [2.45, 2.75) is 26.7 Å². The maximum absolute atomic E-state index is 11.2. The molecule has 134 valence electrons. The van der Waals surface area contributed by atoms with Crippen molar-refractivity contribution in [3.05, 3.63) is 41.0 Å². The fourth-order valence-corrected chi connectivity index (χ4v) is 2.78. The molecular formula is C20H24O5. The summed E-state index contributed by atoms with van der Waals surface area (Å²) in [6.45, 7) is 5.88. The molecule has 0 aliphatic heterocycles. The van der Waals surface area contributed by atoms with Gasteiger partial charge in [0.1, 0.15) is 0 Å². The molecule has 5 heteroatoms. The standard InChI is InChI=1S/C20H24O5/c1-12(2)15-7-6-8-16-14(9-13(3)20(21)22)10-17(24-5)19(18(15)16)25-11-23-4/h6-10,12H,11H2,1-5H3,(H,21,22)/b13-9-. The van der Waals surface area contributed by atoms with Crippen LogP contribution in [0.2, 0.25) is 0 Å². The number of carboxylic acid groups (broad SMARTS) is 1. The second-order valence-corrected chi connectivity index (χ2v) is 6.11. The molecule has 1 N–H and O–H groups in total. The zero-order valence-corrected chi connectivity index (χ0v) is 15.3. The number of rotatable bonds is 7. The quantitative estimate of drug-likeness (QED) is 0.594. The highest BCUT2D eigenvalue weighted by atomic mass is 16.7. The maximum Gasteiger partial charge on any atom is 0.331 e. The van der Waals surface area contributed by atoms with Crippen LogP contribution in [0.15, 0.2) is 29.8 Å². The monoisotopic (exact) mass is 344 g/mol. The number of hydrogen-bond acceptors (Lipinski definition) is 4. The number of ether oxygens (including phenoxy) is 3. The van der Waals surface area contributed by atoms with E-state index in [4.69, 9.17) is 14.2 Å². The molecule has 0 aliphatic rings. The highest BCUT2D eigenvalue weighted by Gasteiger charge is 2.18. The number of benzene rings is 2. The highest BCUT2D eigenvalue weighted by molar-refractivity contribution is 6.02. The first-order valence-electron chi connectivity index (χ1n) is 8.07. The van der Waals surface area contributed by atoms with E-state index in [0.717, 1.165) is 21.9 Å². The van der Waals surface area contributed by atoms with Crippen molar-refractivity contribution in [1.29, 1.82) is 0 Å². The van der Waals surface area contributed by atoms with Crippen LogP contribution in [-0.4, -0.2) is 32.1 Å². The fourth-order valence-electron chi connectivity index (χ4n) is 2.78. The molecule has 2 rings (SSSR count). The van der Waals surface area contributed by atoms with Gasteiger partial charge in [0.05, 0.1) is 7.11 Å². The Morgan fingerprint density at radius 2 is 2.00 bits per heavy atom. The van der Waals surface area contributed by atoms with Crippen LogP contribution in [0.3, 0.4) is 0 Å². The predicted octanol–water partition coefficient (Wildman–Crippen LogP) is 4.44. The van der Waals surface area contributed by atoms with Crippen LogP contribution in [-0.2, 0) is 9.53 Å². The minimum absolute atomic E-state index is 0.0984. The summed E-state index contributed by atoms with van der Waals surface area (Å²) in [5.41, 5.74) is 2.13. The molecule has 2 aromatic carbocycles. The summed E-state index contributed by atoms with van der Waals surface area (Å²) in [7, 11) is 3.13. The second-order valence-electron chi connectivity index (χ2n) is 6.11. The normalized spacial score (nSPS) is 11.8. The Hall–Kier alpha value is -2.53. The number of fused-ring (bicyclic) bond motifs is 1. The third kappa shape index (κ3) is 3.94.